The Morgan fingerprint density at radius 1 is 0.636 bits per heavy atom. The lowest BCUT2D eigenvalue weighted by atomic mass is 9.84. The van der Waals surface area contributed by atoms with Crippen LogP contribution in [-0.4, -0.2) is 22.9 Å². The topological polar surface area (TPSA) is 20.3 Å². The maximum Gasteiger partial charge on any atom is 0.223 e. The predicted molar refractivity (Wildman–Crippen MR) is 91.8 cm³/mol. The molecule has 3 fully saturated rings. The molecule has 0 aliphatic heterocycles. The molecule has 0 aromatic rings. The highest BCUT2D eigenvalue weighted by Crippen LogP contribution is 2.33. The smallest absolute Gasteiger partial charge is 0.223 e. The number of rotatable bonds is 4. The highest BCUT2D eigenvalue weighted by molar-refractivity contribution is 5.77. The van der Waals surface area contributed by atoms with Crippen molar-refractivity contribution in [2.24, 2.45) is 5.92 Å². The average molecular weight is 306 g/mol. The fourth-order valence-corrected chi connectivity index (χ4v) is 5.17. The van der Waals surface area contributed by atoms with Crippen LogP contribution >= 0.6 is 0 Å². The van der Waals surface area contributed by atoms with E-state index in [2.05, 4.69) is 4.90 Å². The number of carbonyl (C=O) groups excluding carboxylic acids is 1. The second kappa shape index (κ2) is 8.36. The van der Waals surface area contributed by atoms with Crippen molar-refractivity contribution in [3.05, 3.63) is 0 Å². The fourth-order valence-electron chi connectivity index (χ4n) is 5.17. The molecule has 0 bridgehead atoms. The molecule has 0 atom stereocenters. The number of amides is 1. The summed E-state index contributed by atoms with van der Waals surface area (Å²) in [6.07, 6.45) is 20.7. The number of hydrogen-bond acceptors (Lipinski definition) is 1. The third kappa shape index (κ3) is 4.26. The third-order valence-corrected chi connectivity index (χ3v) is 6.41. The van der Waals surface area contributed by atoms with Crippen molar-refractivity contribution < 1.29 is 4.79 Å². The number of nitrogens with zero attached hydrogens (tertiary/aromatic N) is 1. The van der Waals surface area contributed by atoms with E-state index in [4.69, 9.17) is 0 Å². The van der Waals surface area contributed by atoms with Crippen molar-refractivity contribution in [3.63, 3.8) is 0 Å². The van der Waals surface area contributed by atoms with Crippen LogP contribution in [0.2, 0.25) is 0 Å². The molecular weight excluding hydrogens is 270 g/mol. The van der Waals surface area contributed by atoms with E-state index in [1.165, 1.54) is 96.3 Å². The number of hydrogen-bond donors (Lipinski definition) is 0. The quantitative estimate of drug-likeness (QED) is 0.676. The molecule has 0 radical (unpaired) electrons. The van der Waals surface area contributed by atoms with Crippen LogP contribution < -0.4 is 0 Å². The zero-order valence-electron chi connectivity index (χ0n) is 14.4. The Kier molecular flexibility index (Phi) is 6.20. The van der Waals surface area contributed by atoms with E-state index in [9.17, 15) is 4.79 Å². The first-order valence-electron chi connectivity index (χ1n) is 10.2. The Balaban J connectivity index is 1.64. The largest absolute Gasteiger partial charge is 0.337 e. The van der Waals surface area contributed by atoms with Crippen LogP contribution in [0.3, 0.4) is 0 Å². The van der Waals surface area contributed by atoms with Crippen molar-refractivity contribution in [1.82, 2.24) is 4.90 Å². The van der Waals surface area contributed by atoms with Crippen LogP contribution in [0.1, 0.15) is 103 Å². The summed E-state index contributed by atoms with van der Waals surface area (Å²) in [6.45, 7) is 0. The van der Waals surface area contributed by atoms with Gasteiger partial charge in [0.15, 0.2) is 0 Å². The lowest BCUT2D eigenvalue weighted by molar-refractivity contribution is -0.139. The molecule has 1 amide bonds. The molecule has 3 aliphatic carbocycles. The van der Waals surface area contributed by atoms with Gasteiger partial charge in [0, 0.05) is 18.5 Å². The maximum atomic E-state index is 13.1. The molecule has 0 aromatic heterocycles. The van der Waals surface area contributed by atoms with Gasteiger partial charge in [-0.05, 0) is 44.4 Å². The molecular formula is C20H35NO. The zero-order chi connectivity index (χ0) is 15.2. The van der Waals surface area contributed by atoms with Crippen LogP contribution in [-0.2, 0) is 4.79 Å². The lowest BCUT2D eigenvalue weighted by Gasteiger charge is -2.42. The predicted octanol–water partition coefficient (Wildman–Crippen LogP) is 5.45. The van der Waals surface area contributed by atoms with Crippen molar-refractivity contribution in [2.45, 2.75) is 115 Å². The molecule has 126 valence electrons. The highest BCUT2D eigenvalue weighted by Gasteiger charge is 2.33. The monoisotopic (exact) mass is 305 g/mol. The van der Waals surface area contributed by atoms with E-state index < -0.39 is 0 Å². The van der Waals surface area contributed by atoms with Gasteiger partial charge in [-0.2, -0.15) is 0 Å². The Morgan fingerprint density at radius 3 is 1.50 bits per heavy atom. The summed E-state index contributed by atoms with van der Waals surface area (Å²) in [6, 6.07) is 1.15. The van der Waals surface area contributed by atoms with Crippen LogP contribution in [0, 0.1) is 5.92 Å². The molecule has 0 aromatic carbocycles. The third-order valence-electron chi connectivity index (χ3n) is 6.41. The van der Waals surface area contributed by atoms with E-state index in [1.54, 1.807) is 0 Å². The molecule has 3 aliphatic rings. The van der Waals surface area contributed by atoms with Gasteiger partial charge in [-0.1, -0.05) is 57.8 Å². The molecule has 0 N–H and O–H groups in total. The Labute approximate surface area is 137 Å². The summed E-state index contributed by atoms with van der Waals surface area (Å²) in [7, 11) is 0. The zero-order valence-corrected chi connectivity index (χ0v) is 14.4. The van der Waals surface area contributed by atoms with E-state index >= 15 is 0 Å². The van der Waals surface area contributed by atoms with E-state index in [0.29, 0.717) is 23.9 Å². The van der Waals surface area contributed by atoms with Crippen molar-refractivity contribution in [1.29, 1.82) is 0 Å². The summed E-state index contributed by atoms with van der Waals surface area (Å²) in [4.78, 5) is 15.6. The maximum absolute atomic E-state index is 13.1. The van der Waals surface area contributed by atoms with Gasteiger partial charge in [0.1, 0.15) is 0 Å². The first kappa shape index (κ1) is 16.3. The minimum Gasteiger partial charge on any atom is -0.337 e. The van der Waals surface area contributed by atoms with Gasteiger partial charge in [-0.25, -0.2) is 0 Å². The minimum atomic E-state index is 0.519. The molecule has 0 unspecified atom stereocenters. The Hall–Kier alpha value is -0.530. The summed E-state index contributed by atoms with van der Waals surface area (Å²) >= 11 is 0. The molecule has 2 nitrogen and oxygen atoms in total. The lowest BCUT2D eigenvalue weighted by Crippen LogP contribution is -2.49. The van der Waals surface area contributed by atoms with Crippen LogP contribution in [0.5, 0.6) is 0 Å². The number of carbonyl (C=O) groups is 1. The summed E-state index contributed by atoms with van der Waals surface area (Å²) in [5.41, 5.74) is 0. The summed E-state index contributed by atoms with van der Waals surface area (Å²) < 4.78 is 0. The van der Waals surface area contributed by atoms with E-state index in [0.717, 1.165) is 6.42 Å². The summed E-state index contributed by atoms with van der Waals surface area (Å²) in [5, 5.41) is 0. The second-order valence-corrected chi connectivity index (χ2v) is 8.09. The first-order chi connectivity index (χ1) is 10.8. The molecule has 2 heteroatoms. The SMILES string of the molecule is O=C(CC1CCCCC1)N(C1CCCCC1)C1CCCCC1. The minimum absolute atomic E-state index is 0.519. The second-order valence-electron chi connectivity index (χ2n) is 8.09. The standard InChI is InChI=1S/C20H35NO/c22-20(16-17-10-4-1-5-11-17)21(18-12-6-2-7-13-18)19-14-8-3-9-15-19/h17-19H,1-16H2. The van der Waals surface area contributed by atoms with Gasteiger partial charge in [0.2, 0.25) is 5.91 Å². The van der Waals surface area contributed by atoms with Gasteiger partial charge in [-0.15, -0.1) is 0 Å². The van der Waals surface area contributed by atoms with Crippen LogP contribution in [0.15, 0.2) is 0 Å². The highest BCUT2D eigenvalue weighted by atomic mass is 16.2. The van der Waals surface area contributed by atoms with Gasteiger partial charge < -0.3 is 4.90 Å². The first-order valence-corrected chi connectivity index (χ1v) is 10.2. The average Bonchev–Trinajstić information content (AvgIpc) is 2.58. The molecule has 0 heterocycles. The normalized spacial score (nSPS) is 26.0. The van der Waals surface area contributed by atoms with Gasteiger partial charge in [0.05, 0.1) is 0 Å². The van der Waals surface area contributed by atoms with Crippen LogP contribution in [0.25, 0.3) is 0 Å². The molecule has 3 rings (SSSR count). The van der Waals surface area contributed by atoms with E-state index in [-0.39, 0.29) is 0 Å². The van der Waals surface area contributed by atoms with Crippen LogP contribution in [0.4, 0.5) is 0 Å². The fraction of sp³-hybridized carbons (Fsp3) is 0.950. The molecule has 0 saturated heterocycles. The Bertz CT molecular complexity index is 318. The van der Waals surface area contributed by atoms with Crippen molar-refractivity contribution in [2.75, 3.05) is 0 Å². The Morgan fingerprint density at radius 2 is 1.05 bits per heavy atom. The van der Waals surface area contributed by atoms with E-state index in [1.807, 2.05) is 0 Å². The van der Waals surface area contributed by atoms with Crippen molar-refractivity contribution in [3.8, 4) is 0 Å². The van der Waals surface area contributed by atoms with Gasteiger partial charge in [-0.3, -0.25) is 4.79 Å². The van der Waals surface area contributed by atoms with Gasteiger partial charge >= 0.3 is 0 Å². The molecule has 22 heavy (non-hydrogen) atoms. The van der Waals surface area contributed by atoms with Gasteiger partial charge in [0.25, 0.3) is 0 Å². The molecule has 0 spiro atoms. The summed E-state index contributed by atoms with van der Waals surface area (Å²) in [5.74, 6) is 1.21. The molecule has 3 saturated carbocycles. The van der Waals surface area contributed by atoms with Crippen molar-refractivity contribution >= 4 is 5.91 Å².